The topological polar surface area (TPSA) is 12.0 Å². The lowest BCUT2D eigenvalue weighted by Crippen LogP contribution is -2.26. The maximum atomic E-state index is 3.70. The van der Waals surface area contributed by atoms with Crippen LogP contribution in [0.15, 0.2) is 42.5 Å². The predicted octanol–water partition coefficient (Wildman–Crippen LogP) is 5.15. The Labute approximate surface area is 127 Å². The molecular formula is C18H25NS. The number of nitrogens with one attached hydrogen (secondary N) is 1. The summed E-state index contributed by atoms with van der Waals surface area (Å²) in [5.41, 5.74) is 1.44. The summed E-state index contributed by atoms with van der Waals surface area (Å²) in [6.45, 7) is 7.72. The molecule has 1 nitrogen and oxygen atoms in total. The van der Waals surface area contributed by atoms with Gasteiger partial charge in [-0.15, -0.1) is 11.3 Å². The van der Waals surface area contributed by atoms with Crippen molar-refractivity contribution in [3.8, 4) is 0 Å². The van der Waals surface area contributed by atoms with Crippen LogP contribution >= 0.6 is 11.3 Å². The van der Waals surface area contributed by atoms with Crippen LogP contribution in [0.1, 0.15) is 54.5 Å². The summed E-state index contributed by atoms with van der Waals surface area (Å²) in [5.74, 6) is 0.541. The van der Waals surface area contributed by atoms with Gasteiger partial charge in [-0.25, -0.2) is 0 Å². The van der Waals surface area contributed by atoms with E-state index in [1.807, 2.05) is 11.3 Å². The van der Waals surface area contributed by atoms with Crippen LogP contribution in [-0.4, -0.2) is 6.54 Å². The highest BCUT2D eigenvalue weighted by Crippen LogP contribution is 2.36. The van der Waals surface area contributed by atoms with Crippen LogP contribution in [0.5, 0.6) is 0 Å². The van der Waals surface area contributed by atoms with E-state index in [1.54, 1.807) is 0 Å². The largest absolute Gasteiger partial charge is 0.309 e. The number of rotatable bonds is 7. The molecule has 0 aliphatic heterocycles. The number of thiophene rings is 1. The first-order chi connectivity index (χ1) is 9.80. The van der Waals surface area contributed by atoms with E-state index >= 15 is 0 Å². The normalized spacial score (nSPS) is 14.2. The molecule has 0 fully saturated rings. The van der Waals surface area contributed by atoms with E-state index in [0.717, 1.165) is 19.4 Å². The number of aryl methyl sites for hydroxylation is 1. The van der Waals surface area contributed by atoms with Gasteiger partial charge >= 0.3 is 0 Å². The SMILES string of the molecule is CCNC(c1ccc(CC)s1)C(CC)c1ccccc1. The quantitative estimate of drug-likeness (QED) is 0.742. The first-order valence-electron chi connectivity index (χ1n) is 7.67. The molecule has 0 aliphatic carbocycles. The molecule has 108 valence electrons. The van der Waals surface area contributed by atoms with E-state index in [4.69, 9.17) is 0 Å². The zero-order chi connectivity index (χ0) is 14.4. The van der Waals surface area contributed by atoms with Crippen molar-refractivity contribution in [3.63, 3.8) is 0 Å². The minimum absolute atomic E-state index is 0.428. The van der Waals surface area contributed by atoms with Crippen LogP contribution in [0.2, 0.25) is 0 Å². The standard InChI is InChI=1S/C18H25NS/c1-4-15-12-13-17(20-15)18(19-6-3)16(5-2)14-10-8-7-9-11-14/h7-13,16,18-19H,4-6H2,1-3H3. The average molecular weight is 287 g/mol. The van der Waals surface area contributed by atoms with Crippen LogP contribution in [0.4, 0.5) is 0 Å². The molecule has 0 spiro atoms. The van der Waals surface area contributed by atoms with Gasteiger partial charge < -0.3 is 5.32 Å². The Hall–Kier alpha value is -1.12. The number of likely N-dealkylation sites (N-methyl/N-ethyl adjacent to an activating group) is 1. The van der Waals surface area contributed by atoms with E-state index in [1.165, 1.54) is 15.3 Å². The molecule has 1 aromatic carbocycles. The minimum Gasteiger partial charge on any atom is -0.309 e. The summed E-state index contributed by atoms with van der Waals surface area (Å²) in [5, 5.41) is 3.70. The van der Waals surface area contributed by atoms with Crippen molar-refractivity contribution >= 4 is 11.3 Å². The van der Waals surface area contributed by atoms with Crippen molar-refractivity contribution in [2.75, 3.05) is 6.54 Å². The Morgan fingerprint density at radius 3 is 2.30 bits per heavy atom. The van der Waals surface area contributed by atoms with Crippen molar-refractivity contribution in [1.82, 2.24) is 5.32 Å². The second kappa shape index (κ2) is 7.61. The molecule has 2 atom stereocenters. The van der Waals surface area contributed by atoms with Crippen LogP contribution < -0.4 is 5.32 Å². The lowest BCUT2D eigenvalue weighted by molar-refractivity contribution is 0.451. The third-order valence-electron chi connectivity index (χ3n) is 3.83. The molecule has 1 aromatic heterocycles. The van der Waals surface area contributed by atoms with Gasteiger partial charge in [0.1, 0.15) is 0 Å². The fourth-order valence-electron chi connectivity index (χ4n) is 2.78. The smallest absolute Gasteiger partial charge is 0.0484 e. The molecule has 0 amide bonds. The van der Waals surface area contributed by atoms with Crippen molar-refractivity contribution in [1.29, 1.82) is 0 Å². The van der Waals surface area contributed by atoms with Gasteiger partial charge in [0.25, 0.3) is 0 Å². The van der Waals surface area contributed by atoms with Crippen LogP contribution in [-0.2, 0) is 6.42 Å². The van der Waals surface area contributed by atoms with Crippen molar-refractivity contribution in [2.45, 2.75) is 45.6 Å². The summed E-state index contributed by atoms with van der Waals surface area (Å²) in [7, 11) is 0. The number of hydrogen-bond acceptors (Lipinski definition) is 2. The monoisotopic (exact) mass is 287 g/mol. The summed E-state index contributed by atoms with van der Waals surface area (Å²) >= 11 is 1.96. The van der Waals surface area contributed by atoms with Crippen LogP contribution in [0, 0.1) is 0 Å². The maximum Gasteiger partial charge on any atom is 0.0484 e. The van der Waals surface area contributed by atoms with E-state index in [9.17, 15) is 0 Å². The summed E-state index contributed by atoms with van der Waals surface area (Å²) in [6, 6.07) is 15.9. The fraction of sp³-hybridized carbons (Fsp3) is 0.444. The van der Waals surface area contributed by atoms with Gasteiger partial charge in [-0.2, -0.15) is 0 Å². The summed E-state index contributed by atoms with van der Waals surface area (Å²) in [6.07, 6.45) is 2.28. The van der Waals surface area contributed by atoms with Crippen molar-refractivity contribution in [3.05, 3.63) is 57.8 Å². The Balaban J connectivity index is 2.30. The van der Waals surface area contributed by atoms with E-state index in [-0.39, 0.29) is 0 Å². The Morgan fingerprint density at radius 2 is 1.75 bits per heavy atom. The second-order valence-corrected chi connectivity index (χ2v) is 6.32. The molecule has 1 heterocycles. The molecular weight excluding hydrogens is 262 g/mol. The molecule has 2 heteroatoms. The van der Waals surface area contributed by atoms with Crippen molar-refractivity contribution < 1.29 is 0 Å². The first-order valence-corrected chi connectivity index (χ1v) is 8.48. The first kappa shape index (κ1) is 15.3. The lowest BCUT2D eigenvalue weighted by atomic mass is 9.88. The Bertz CT molecular complexity index is 503. The highest BCUT2D eigenvalue weighted by molar-refractivity contribution is 7.12. The molecule has 0 bridgehead atoms. The third-order valence-corrected chi connectivity index (χ3v) is 5.14. The van der Waals surface area contributed by atoms with Gasteiger partial charge in [0, 0.05) is 21.7 Å². The summed E-state index contributed by atoms with van der Waals surface area (Å²) < 4.78 is 0. The second-order valence-electron chi connectivity index (χ2n) is 5.12. The highest BCUT2D eigenvalue weighted by atomic mass is 32.1. The molecule has 0 saturated carbocycles. The highest BCUT2D eigenvalue weighted by Gasteiger charge is 2.23. The average Bonchev–Trinajstić information content (AvgIpc) is 2.97. The molecule has 0 radical (unpaired) electrons. The predicted molar refractivity (Wildman–Crippen MR) is 89.6 cm³/mol. The molecule has 2 rings (SSSR count). The third kappa shape index (κ3) is 3.50. The van der Waals surface area contributed by atoms with Gasteiger partial charge in [0.2, 0.25) is 0 Å². The molecule has 2 aromatic rings. The Kier molecular flexibility index (Phi) is 5.81. The minimum atomic E-state index is 0.428. The van der Waals surface area contributed by atoms with E-state index in [0.29, 0.717) is 12.0 Å². The summed E-state index contributed by atoms with van der Waals surface area (Å²) in [4.78, 5) is 2.95. The molecule has 20 heavy (non-hydrogen) atoms. The van der Waals surface area contributed by atoms with Gasteiger partial charge in [-0.1, -0.05) is 51.1 Å². The van der Waals surface area contributed by atoms with E-state index < -0.39 is 0 Å². The van der Waals surface area contributed by atoms with Gasteiger partial charge in [-0.05, 0) is 37.1 Å². The zero-order valence-electron chi connectivity index (χ0n) is 12.7. The molecule has 0 saturated heterocycles. The van der Waals surface area contributed by atoms with Gasteiger partial charge in [0.05, 0.1) is 0 Å². The molecule has 0 aliphatic rings. The zero-order valence-corrected chi connectivity index (χ0v) is 13.5. The van der Waals surface area contributed by atoms with Gasteiger partial charge in [0.15, 0.2) is 0 Å². The fourth-order valence-corrected chi connectivity index (χ4v) is 3.87. The Morgan fingerprint density at radius 1 is 1.00 bits per heavy atom. The molecule has 2 unspecified atom stereocenters. The lowest BCUT2D eigenvalue weighted by Gasteiger charge is -2.26. The van der Waals surface area contributed by atoms with E-state index in [2.05, 4.69) is 68.6 Å². The van der Waals surface area contributed by atoms with Crippen LogP contribution in [0.3, 0.4) is 0 Å². The van der Waals surface area contributed by atoms with Crippen molar-refractivity contribution in [2.24, 2.45) is 0 Å². The number of benzene rings is 1. The molecule has 1 N–H and O–H groups in total. The van der Waals surface area contributed by atoms with Gasteiger partial charge in [-0.3, -0.25) is 0 Å². The van der Waals surface area contributed by atoms with Crippen LogP contribution in [0.25, 0.3) is 0 Å². The maximum absolute atomic E-state index is 3.70. The number of hydrogen-bond donors (Lipinski definition) is 1.